The first kappa shape index (κ1) is 14.5. The van der Waals surface area contributed by atoms with Crippen LogP contribution in [0.15, 0.2) is 18.2 Å². The first-order valence-electron chi connectivity index (χ1n) is 6.94. The predicted octanol–water partition coefficient (Wildman–Crippen LogP) is 1.29. The quantitative estimate of drug-likeness (QED) is 0.775. The van der Waals surface area contributed by atoms with Gasteiger partial charge < -0.3 is 16.0 Å². The first-order valence-corrected chi connectivity index (χ1v) is 6.94. The fraction of sp³-hybridized carbons (Fsp3) is 0.467. The molecule has 1 saturated heterocycles. The van der Waals surface area contributed by atoms with Crippen LogP contribution in [0.5, 0.6) is 0 Å². The van der Waals surface area contributed by atoms with E-state index in [4.69, 9.17) is 0 Å². The molecule has 1 fully saturated rings. The van der Waals surface area contributed by atoms with E-state index in [0.717, 1.165) is 25.1 Å². The van der Waals surface area contributed by atoms with Crippen molar-refractivity contribution in [3.8, 4) is 0 Å². The molecule has 2 amide bonds. The van der Waals surface area contributed by atoms with Crippen molar-refractivity contribution in [2.24, 2.45) is 5.92 Å². The summed E-state index contributed by atoms with van der Waals surface area (Å²) in [6.45, 7) is 3.74. The molecule has 1 atom stereocenters. The van der Waals surface area contributed by atoms with Crippen LogP contribution >= 0.6 is 0 Å². The molecule has 1 aromatic carbocycles. The lowest BCUT2D eigenvalue weighted by atomic mass is 10.0. The molecule has 108 valence electrons. The maximum atomic E-state index is 12.0. The zero-order valence-corrected chi connectivity index (χ0v) is 12.0. The Bertz CT molecular complexity index is 508. The fourth-order valence-corrected chi connectivity index (χ4v) is 2.50. The maximum Gasteiger partial charge on any atom is 0.251 e. The van der Waals surface area contributed by atoms with E-state index in [1.807, 2.05) is 13.0 Å². The van der Waals surface area contributed by atoms with Crippen molar-refractivity contribution >= 4 is 17.5 Å². The number of carbonyl (C=O) groups excluding carboxylic acids is 2. The van der Waals surface area contributed by atoms with Crippen LogP contribution in [-0.2, 0) is 4.79 Å². The molecule has 0 radical (unpaired) electrons. The van der Waals surface area contributed by atoms with E-state index < -0.39 is 0 Å². The van der Waals surface area contributed by atoms with Crippen LogP contribution in [0.3, 0.4) is 0 Å². The van der Waals surface area contributed by atoms with Crippen LogP contribution in [0.1, 0.15) is 28.8 Å². The monoisotopic (exact) mass is 275 g/mol. The smallest absolute Gasteiger partial charge is 0.251 e. The Balaban J connectivity index is 2.05. The number of anilines is 1. The van der Waals surface area contributed by atoms with E-state index in [1.54, 1.807) is 19.2 Å². The van der Waals surface area contributed by atoms with Gasteiger partial charge in [-0.2, -0.15) is 0 Å². The van der Waals surface area contributed by atoms with Gasteiger partial charge >= 0.3 is 0 Å². The van der Waals surface area contributed by atoms with Crippen molar-refractivity contribution < 1.29 is 9.59 Å². The molecular formula is C15H21N3O2. The first-order chi connectivity index (χ1) is 9.61. The Labute approximate surface area is 119 Å². The molecule has 0 saturated carbocycles. The van der Waals surface area contributed by atoms with Crippen molar-refractivity contribution in [1.82, 2.24) is 10.6 Å². The second-order valence-electron chi connectivity index (χ2n) is 5.17. The van der Waals surface area contributed by atoms with Gasteiger partial charge in [0.15, 0.2) is 0 Å². The summed E-state index contributed by atoms with van der Waals surface area (Å²) in [6, 6.07) is 5.36. The number of carbonyl (C=O) groups is 2. The number of hydrogen-bond acceptors (Lipinski definition) is 3. The van der Waals surface area contributed by atoms with Gasteiger partial charge in [0.05, 0.1) is 0 Å². The summed E-state index contributed by atoms with van der Waals surface area (Å²) in [6.07, 6.45) is 1.57. The molecule has 20 heavy (non-hydrogen) atoms. The van der Waals surface area contributed by atoms with Crippen LogP contribution < -0.4 is 16.0 Å². The molecule has 0 bridgehead atoms. The summed E-state index contributed by atoms with van der Waals surface area (Å²) in [4.78, 5) is 23.8. The van der Waals surface area contributed by atoms with E-state index in [0.29, 0.717) is 23.6 Å². The summed E-state index contributed by atoms with van der Waals surface area (Å²) < 4.78 is 0. The average Bonchev–Trinajstić information content (AvgIpc) is 2.93. The molecule has 1 aromatic rings. The Morgan fingerprint density at radius 2 is 2.20 bits per heavy atom. The van der Waals surface area contributed by atoms with Crippen molar-refractivity contribution in [2.45, 2.75) is 19.8 Å². The summed E-state index contributed by atoms with van der Waals surface area (Å²) >= 11 is 0. The van der Waals surface area contributed by atoms with Crippen molar-refractivity contribution in [3.63, 3.8) is 0 Å². The van der Waals surface area contributed by atoms with Crippen LogP contribution in [0.25, 0.3) is 0 Å². The molecule has 1 aliphatic heterocycles. The van der Waals surface area contributed by atoms with Crippen LogP contribution in [0.2, 0.25) is 0 Å². The van der Waals surface area contributed by atoms with E-state index in [-0.39, 0.29) is 11.8 Å². The van der Waals surface area contributed by atoms with E-state index in [1.165, 1.54) is 0 Å². The summed E-state index contributed by atoms with van der Waals surface area (Å²) in [5.41, 5.74) is 2.10. The standard InChI is InChI=1S/C15H21N3O2/c1-10-12(15(20)16-2)4-3-5-13(10)18-14(19)8-11-6-7-17-9-11/h3-5,11,17H,6-9H2,1-2H3,(H,16,20)(H,18,19). The van der Waals surface area contributed by atoms with Gasteiger partial charge in [-0.05, 0) is 50.0 Å². The normalized spacial score (nSPS) is 17.8. The molecule has 1 heterocycles. The fourth-order valence-electron chi connectivity index (χ4n) is 2.50. The molecular weight excluding hydrogens is 254 g/mol. The zero-order chi connectivity index (χ0) is 14.5. The average molecular weight is 275 g/mol. The number of amides is 2. The second kappa shape index (κ2) is 6.52. The van der Waals surface area contributed by atoms with Crippen molar-refractivity contribution in [3.05, 3.63) is 29.3 Å². The van der Waals surface area contributed by atoms with E-state index >= 15 is 0 Å². The van der Waals surface area contributed by atoms with Gasteiger partial charge in [-0.25, -0.2) is 0 Å². The SMILES string of the molecule is CNC(=O)c1cccc(NC(=O)CC2CCNC2)c1C. The lowest BCUT2D eigenvalue weighted by Crippen LogP contribution is -2.21. The van der Waals surface area contributed by atoms with E-state index in [9.17, 15) is 9.59 Å². The lowest BCUT2D eigenvalue weighted by Gasteiger charge is -2.13. The second-order valence-corrected chi connectivity index (χ2v) is 5.17. The van der Waals surface area contributed by atoms with Gasteiger partial charge in [-0.3, -0.25) is 9.59 Å². The predicted molar refractivity (Wildman–Crippen MR) is 78.8 cm³/mol. The minimum absolute atomic E-state index is 0.0101. The minimum Gasteiger partial charge on any atom is -0.355 e. The molecule has 5 nitrogen and oxygen atoms in total. The highest BCUT2D eigenvalue weighted by molar-refractivity contribution is 5.99. The Hall–Kier alpha value is -1.88. The number of benzene rings is 1. The Morgan fingerprint density at radius 1 is 1.40 bits per heavy atom. The zero-order valence-electron chi connectivity index (χ0n) is 12.0. The topological polar surface area (TPSA) is 70.2 Å². The Morgan fingerprint density at radius 3 is 2.85 bits per heavy atom. The van der Waals surface area contributed by atoms with Gasteiger partial charge in [0, 0.05) is 24.7 Å². The third-order valence-electron chi connectivity index (χ3n) is 3.72. The highest BCUT2D eigenvalue weighted by Gasteiger charge is 2.19. The van der Waals surface area contributed by atoms with Crippen molar-refractivity contribution in [1.29, 1.82) is 0 Å². The molecule has 0 aliphatic carbocycles. The molecule has 0 spiro atoms. The van der Waals surface area contributed by atoms with Gasteiger partial charge in [0.2, 0.25) is 5.91 Å². The van der Waals surface area contributed by atoms with Crippen LogP contribution in [0, 0.1) is 12.8 Å². The molecule has 3 N–H and O–H groups in total. The van der Waals surface area contributed by atoms with Crippen molar-refractivity contribution in [2.75, 3.05) is 25.5 Å². The third-order valence-corrected chi connectivity index (χ3v) is 3.72. The largest absolute Gasteiger partial charge is 0.355 e. The summed E-state index contributed by atoms with van der Waals surface area (Å²) in [5.74, 6) is 0.284. The molecule has 0 aromatic heterocycles. The highest BCUT2D eigenvalue weighted by Crippen LogP contribution is 2.20. The van der Waals surface area contributed by atoms with Gasteiger partial charge in [-0.15, -0.1) is 0 Å². The third kappa shape index (κ3) is 3.36. The van der Waals surface area contributed by atoms with Crippen LogP contribution in [-0.4, -0.2) is 32.0 Å². The maximum absolute atomic E-state index is 12.0. The molecule has 5 heteroatoms. The molecule has 2 rings (SSSR count). The Kier molecular flexibility index (Phi) is 4.74. The number of rotatable bonds is 4. The molecule has 1 unspecified atom stereocenters. The summed E-state index contributed by atoms with van der Waals surface area (Å²) in [5, 5.41) is 8.76. The lowest BCUT2D eigenvalue weighted by molar-refractivity contribution is -0.117. The summed E-state index contributed by atoms with van der Waals surface area (Å²) in [7, 11) is 1.60. The number of nitrogens with one attached hydrogen (secondary N) is 3. The van der Waals surface area contributed by atoms with Gasteiger partial charge in [0.1, 0.15) is 0 Å². The van der Waals surface area contributed by atoms with Gasteiger partial charge in [-0.1, -0.05) is 6.07 Å². The van der Waals surface area contributed by atoms with E-state index in [2.05, 4.69) is 16.0 Å². The highest BCUT2D eigenvalue weighted by atomic mass is 16.2. The van der Waals surface area contributed by atoms with Crippen LogP contribution in [0.4, 0.5) is 5.69 Å². The molecule has 1 aliphatic rings. The number of hydrogen-bond donors (Lipinski definition) is 3. The minimum atomic E-state index is -0.140. The van der Waals surface area contributed by atoms with Gasteiger partial charge in [0.25, 0.3) is 5.91 Å².